The van der Waals surface area contributed by atoms with Crippen molar-refractivity contribution in [2.24, 2.45) is 5.92 Å². The second-order valence-corrected chi connectivity index (χ2v) is 8.23. The fraction of sp³-hybridized carbons (Fsp3) is 0.500. The van der Waals surface area contributed by atoms with E-state index in [9.17, 15) is 18.0 Å². The van der Waals surface area contributed by atoms with E-state index in [1.54, 1.807) is 0 Å². The summed E-state index contributed by atoms with van der Waals surface area (Å²) in [5.74, 6) is 1.17. The Labute approximate surface area is 185 Å². The zero-order chi connectivity index (χ0) is 23.3. The number of amides is 1. The number of nitrogens with zero attached hydrogens (tertiary/aromatic N) is 3. The number of carbonyl (C=O) groups excluding carboxylic acids is 1. The van der Waals surface area contributed by atoms with E-state index < -0.39 is 6.36 Å². The number of alkyl halides is 3. The molecule has 1 saturated carbocycles. The molecule has 0 radical (unpaired) electrons. The summed E-state index contributed by atoms with van der Waals surface area (Å²) in [7, 11) is 3.88. The van der Waals surface area contributed by atoms with Crippen LogP contribution in [0.2, 0.25) is 0 Å². The quantitative estimate of drug-likeness (QED) is 0.659. The van der Waals surface area contributed by atoms with Crippen molar-refractivity contribution in [1.29, 1.82) is 0 Å². The molecule has 1 aliphatic carbocycles. The average molecular weight is 451 g/mol. The van der Waals surface area contributed by atoms with E-state index in [0.29, 0.717) is 24.0 Å². The Morgan fingerprint density at radius 1 is 1.12 bits per heavy atom. The number of hydrogen-bond acceptors (Lipinski definition) is 6. The molecule has 10 heteroatoms. The van der Waals surface area contributed by atoms with Crippen molar-refractivity contribution < 1.29 is 22.7 Å². The van der Waals surface area contributed by atoms with E-state index in [2.05, 4.69) is 25.3 Å². The normalized spacial score (nSPS) is 18.7. The first-order valence-corrected chi connectivity index (χ1v) is 10.5. The number of halogens is 3. The standard InChI is InChI=1S/C22H28F3N5O2/c1-14-12-19(30(2)3)29-21(27-14)28-17-8-4-15(5-9-17)13-26-20(31)16-6-10-18(11-7-16)32-22(23,24)25/h6-7,10-12,15,17H,4-5,8-9,13H2,1-3H3,(H,26,31)(H,27,28,29)/t15-,17+. The van der Waals surface area contributed by atoms with Gasteiger partial charge in [-0.15, -0.1) is 13.2 Å². The molecule has 0 bridgehead atoms. The molecule has 1 amide bonds. The van der Waals surface area contributed by atoms with Crippen molar-refractivity contribution in [3.8, 4) is 5.75 Å². The molecule has 2 aromatic rings. The minimum Gasteiger partial charge on any atom is -0.406 e. The number of aryl methyl sites for hydroxylation is 1. The zero-order valence-corrected chi connectivity index (χ0v) is 18.4. The first-order chi connectivity index (χ1) is 15.1. The van der Waals surface area contributed by atoms with Crippen LogP contribution in [0, 0.1) is 12.8 Å². The fourth-order valence-electron chi connectivity index (χ4n) is 3.69. The molecule has 0 saturated heterocycles. The molecular weight excluding hydrogens is 423 g/mol. The van der Waals surface area contributed by atoms with Crippen molar-refractivity contribution in [2.45, 2.75) is 45.0 Å². The van der Waals surface area contributed by atoms with Gasteiger partial charge in [-0.2, -0.15) is 4.98 Å². The van der Waals surface area contributed by atoms with E-state index in [1.807, 2.05) is 32.0 Å². The van der Waals surface area contributed by atoms with Gasteiger partial charge < -0.3 is 20.3 Å². The summed E-state index contributed by atoms with van der Waals surface area (Å²) >= 11 is 0. The van der Waals surface area contributed by atoms with Gasteiger partial charge in [0, 0.05) is 44.0 Å². The molecule has 2 N–H and O–H groups in total. The van der Waals surface area contributed by atoms with Crippen molar-refractivity contribution >= 4 is 17.7 Å². The maximum absolute atomic E-state index is 12.3. The number of nitrogens with one attached hydrogen (secondary N) is 2. The monoisotopic (exact) mass is 451 g/mol. The van der Waals surface area contributed by atoms with Gasteiger partial charge in [-0.25, -0.2) is 4.98 Å². The second kappa shape index (κ2) is 10.1. The van der Waals surface area contributed by atoms with Gasteiger partial charge in [0.25, 0.3) is 5.91 Å². The predicted octanol–water partition coefficient (Wildman–Crippen LogP) is 4.15. The number of carbonyl (C=O) groups is 1. The summed E-state index contributed by atoms with van der Waals surface area (Å²) in [5.41, 5.74) is 1.20. The van der Waals surface area contributed by atoms with Gasteiger partial charge in [0.15, 0.2) is 0 Å². The number of ether oxygens (including phenoxy) is 1. The lowest BCUT2D eigenvalue weighted by molar-refractivity contribution is -0.274. The molecule has 1 aromatic heterocycles. The number of hydrogen-bond donors (Lipinski definition) is 2. The number of benzene rings is 1. The molecule has 0 aliphatic heterocycles. The maximum atomic E-state index is 12.3. The second-order valence-electron chi connectivity index (χ2n) is 8.23. The highest BCUT2D eigenvalue weighted by atomic mass is 19.4. The number of rotatable bonds is 7. The highest BCUT2D eigenvalue weighted by Gasteiger charge is 2.31. The van der Waals surface area contributed by atoms with Crippen molar-refractivity contribution in [3.63, 3.8) is 0 Å². The van der Waals surface area contributed by atoms with Gasteiger partial charge in [-0.1, -0.05) is 0 Å². The molecule has 1 heterocycles. The van der Waals surface area contributed by atoms with E-state index in [0.717, 1.165) is 49.3 Å². The fourth-order valence-corrected chi connectivity index (χ4v) is 3.69. The van der Waals surface area contributed by atoms with E-state index in [-0.39, 0.29) is 17.7 Å². The van der Waals surface area contributed by atoms with E-state index >= 15 is 0 Å². The van der Waals surface area contributed by atoms with Crippen LogP contribution >= 0.6 is 0 Å². The molecule has 3 rings (SSSR count). The van der Waals surface area contributed by atoms with Gasteiger partial charge in [-0.05, 0) is 62.8 Å². The van der Waals surface area contributed by atoms with Gasteiger partial charge >= 0.3 is 6.36 Å². The average Bonchev–Trinajstić information content (AvgIpc) is 2.72. The minimum atomic E-state index is -4.75. The van der Waals surface area contributed by atoms with Crippen LogP contribution in [0.25, 0.3) is 0 Å². The molecule has 32 heavy (non-hydrogen) atoms. The van der Waals surface area contributed by atoms with Gasteiger partial charge in [0.2, 0.25) is 5.95 Å². The SMILES string of the molecule is Cc1cc(N(C)C)nc(N[C@H]2CC[C@@H](CNC(=O)c3ccc(OC(F)(F)F)cc3)CC2)n1. The highest BCUT2D eigenvalue weighted by Crippen LogP contribution is 2.26. The third kappa shape index (κ3) is 7.00. The minimum absolute atomic E-state index is 0.278. The highest BCUT2D eigenvalue weighted by molar-refractivity contribution is 5.94. The summed E-state index contributed by atoms with van der Waals surface area (Å²) in [4.78, 5) is 23.3. The molecule has 0 unspecified atom stereocenters. The zero-order valence-electron chi connectivity index (χ0n) is 18.4. The van der Waals surface area contributed by atoms with Crippen LogP contribution in [0.5, 0.6) is 5.75 Å². The molecule has 174 valence electrons. The molecule has 1 aliphatic rings. The maximum Gasteiger partial charge on any atom is 0.573 e. The predicted molar refractivity (Wildman–Crippen MR) is 116 cm³/mol. The summed E-state index contributed by atoms with van der Waals surface area (Å²) < 4.78 is 40.5. The Bertz CT molecular complexity index is 911. The summed E-state index contributed by atoms with van der Waals surface area (Å²) in [6, 6.07) is 7.12. The lowest BCUT2D eigenvalue weighted by atomic mass is 9.86. The largest absolute Gasteiger partial charge is 0.573 e. The van der Waals surface area contributed by atoms with Crippen LogP contribution in [-0.4, -0.2) is 48.9 Å². The summed E-state index contributed by atoms with van der Waals surface area (Å²) in [6.07, 6.45) is -0.972. The summed E-state index contributed by atoms with van der Waals surface area (Å²) in [6.45, 7) is 2.47. The topological polar surface area (TPSA) is 79.4 Å². The third-order valence-electron chi connectivity index (χ3n) is 5.38. The summed E-state index contributed by atoms with van der Waals surface area (Å²) in [5, 5.41) is 6.30. The van der Waals surface area contributed by atoms with Crippen molar-refractivity contribution in [2.75, 3.05) is 30.9 Å². The molecule has 1 fully saturated rings. The lowest BCUT2D eigenvalue weighted by Gasteiger charge is -2.29. The van der Waals surface area contributed by atoms with Crippen molar-refractivity contribution in [3.05, 3.63) is 41.6 Å². The molecular formula is C22H28F3N5O2. The van der Waals surface area contributed by atoms with Crippen LogP contribution in [0.4, 0.5) is 24.9 Å². The van der Waals surface area contributed by atoms with Gasteiger partial charge in [0.05, 0.1) is 0 Å². The Kier molecular flexibility index (Phi) is 7.42. The molecule has 0 atom stereocenters. The first kappa shape index (κ1) is 23.6. The van der Waals surface area contributed by atoms with Crippen LogP contribution in [-0.2, 0) is 0 Å². The van der Waals surface area contributed by atoms with Gasteiger partial charge in [-0.3, -0.25) is 4.79 Å². The Morgan fingerprint density at radius 2 is 1.78 bits per heavy atom. The smallest absolute Gasteiger partial charge is 0.406 e. The Hall–Kier alpha value is -3.04. The Balaban J connectivity index is 1.44. The molecule has 7 nitrogen and oxygen atoms in total. The first-order valence-electron chi connectivity index (χ1n) is 10.5. The molecule has 1 aromatic carbocycles. The third-order valence-corrected chi connectivity index (χ3v) is 5.38. The van der Waals surface area contributed by atoms with Crippen molar-refractivity contribution in [1.82, 2.24) is 15.3 Å². The van der Waals surface area contributed by atoms with E-state index in [1.165, 1.54) is 12.1 Å². The number of anilines is 2. The Morgan fingerprint density at radius 3 is 2.38 bits per heavy atom. The van der Waals surface area contributed by atoms with Crippen LogP contribution in [0.15, 0.2) is 30.3 Å². The van der Waals surface area contributed by atoms with Crippen LogP contribution in [0.1, 0.15) is 41.7 Å². The number of aromatic nitrogens is 2. The van der Waals surface area contributed by atoms with Crippen LogP contribution in [0.3, 0.4) is 0 Å². The van der Waals surface area contributed by atoms with Crippen LogP contribution < -0.4 is 20.3 Å². The van der Waals surface area contributed by atoms with E-state index in [4.69, 9.17) is 0 Å². The molecule has 0 spiro atoms. The lowest BCUT2D eigenvalue weighted by Crippen LogP contribution is -2.34. The van der Waals surface area contributed by atoms with Gasteiger partial charge in [0.1, 0.15) is 11.6 Å².